The summed E-state index contributed by atoms with van der Waals surface area (Å²) in [6.45, 7) is 15.6. The van der Waals surface area contributed by atoms with E-state index in [1.54, 1.807) is 24.3 Å². The van der Waals surface area contributed by atoms with Crippen molar-refractivity contribution in [3.63, 3.8) is 0 Å². The topological polar surface area (TPSA) is 46.6 Å². The molecule has 0 bridgehead atoms. The number of fused-ring (bicyclic) bond motifs is 1. The molecule has 0 saturated heterocycles. The van der Waals surface area contributed by atoms with Gasteiger partial charge in [0.25, 0.3) is 11.8 Å². The molecule has 1 aromatic carbocycles. The maximum absolute atomic E-state index is 12.4. The molecular weight excluding hydrogens is 318 g/mol. The summed E-state index contributed by atoms with van der Waals surface area (Å²) >= 11 is 0. The lowest BCUT2D eigenvalue weighted by Gasteiger charge is -2.36. The van der Waals surface area contributed by atoms with Gasteiger partial charge in [0.15, 0.2) is 8.32 Å². The molecule has 5 heteroatoms. The minimum atomic E-state index is -1.76. The van der Waals surface area contributed by atoms with Crippen molar-refractivity contribution < 1.29 is 14.0 Å². The van der Waals surface area contributed by atoms with Crippen LogP contribution in [0, 0.1) is 0 Å². The van der Waals surface area contributed by atoms with E-state index in [-0.39, 0.29) is 16.9 Å². The molecule has 2 amide bonds. The van der Waals surface area contributed by atoms with Gasteiger partial charge in [-0.3, -0.25) is 9.59 Å². The highest BCUT2D eigenvalue weighted by Gasteiger charge is 2.38. The Labute approximate surface area is 145 Å². The first-order chi connectivity index (χ1) is 11.1. The molecule has 1 aliphatic rings. The van der Waals surface area contributed by atoms with Crippen LogP contribution in [0.25, 0.3) is 0 Å². The highest BCUT2D eigenvalue weighted by molar-refractivity contribution is 6.74. The number of rotatable bonds is 6. The molecule has 130 valence electrons. The van der Waals surface area contributed by atoms with Gasteiger partial charge in [0.05, 0.1) is 11.1 Å². The first-order valence-corrected chi connectivity index (χ1v) is 11.3. The van der Waals surface area contributed by atoms with Crippen LogP contribution in [0.5, 0.6) is 0 Å². The highest BCUT2D eigenvalue weighted by Crippen LogP contribution is 2.36. The van der Waals surface area contributed by atoms with Crippen molar-refractivity contribution in [1.82, 2.24) is 4.90 Å². The van der Waals surface area contributed by atoms with Crippen molar-refractivity contribution >= 4 is 20.1 Å². The third-order valence-corrected chi connectivity index (χ3v) is 9.53. The van der Waals surface area contributed by atoms with Crippen molar-refractivity contribution in [2.75, 3.05) is 6.61 Å². The summed E-state index contributed by atoms with van der Waals surface area (Å²) in [4.78, 5) is 26.0. The molecule has 0 aliphatic carbocycles. The van der Waals surface area contributed by atoms with E-state index < -0.39 is 8.32 Å². The predicted octanol–water partition coefficient (Wildman–Crippen LogP) is 4.60. The lowest BCUT2D eigenvalue weighted by atomic mass is 10.1. The molecule has 0 atom stereocenters. The Bertz CT molecular complexity index is 638. The maximum atomic E-state index is 12.4. The van der Waals surface area contributed by atoms with Gasteiger partial charge >= 0.3 is 0 Å². The number of benzene rings is 1. The second kappa shape index (κ2) is 6.65. The van der Waals surface area contributed by atoms with Crippen LogP contribution in [0.2, 0.25) is 18.1 Å². The van der Waals surface area contributed by atoms with Gasteiger partial charge < -0.3 is 4.43 Å². The molecule has 0 unspecified atom stereocenters. The van der Waals surface area contributed by atoms with Gasteiger partial charge in [-0.05, 0) is 43.1 Å². The largest absolute Gasteiger partial charge is 0.417 e. The van der Waals surface area contributed by atoms with Gasteiger partial charge in [-0.15, -0.1) is 0 Å². The Morgan fingerprint density at radius 2 is 1.62 bits per heavy atom. The quantitative estimate of drug-likeness (QED) is 0.430. The molecule has 4 nitrogen and oxygen atoms in total. The lowest BCUT2D eigenvalue weighted by Crippen LogP contribution is -2.41. The monoisotopic (exact) mass is 345 g/mol. The number of hydrogen-bond acceptors (Lipinski definition) is 3. The van der Waals surface area contributed by atoms with Gasteiger partial charge in [0, 0.05) is 12.3 Å². The molecule has 0 fully saturated rings. The van der Waals surface area contributed by atoms with Crippen LogP contribution in [0.3, 0.4) is 0 Å². The minimum Gasteiger partial charge on any atom is -0.417 e. The summed E-state index contributed by atoms with van der Waals surface area (Å²) in [5.41, 5.74) is 1.46. The molecule has 1 aromatic rings. The summed E-state index contributed by atoms with van der Waals surface area (Å²) < 4.78 is 6.13. The Morgan fingerprint density at radius 1 is 1.12 bits per heavy atom. The van der Waals surface area contributed by atoms with Crippen molar-refractivity contribution in [2.45, 2.75) is 51.7 Å². The van der Waals surface area contributed by atoms with Crippen molar-refractivity contribution in [3.05, 3.63) is 47.7 Å². The Kier molecular flexibility index (Phi) is 5.16. The number of hydrogen-bond donors (Lipinski definition) is 0. The van der Waals surface area contributed by atoms with E-state index >= 15 is 0 Å². The fraction of sp³-hybridized carbons (Fsp3) is 0.474. The van der Waals surface area contributed by atoms with E-state index in [4.69, 9.17) is 4.43 Å². The molecule has 0 N–H and O–H groups in total. The summed E-state index contributed by atoms with van der Waals surface area (Å²) in [7, 11) is -1.76. The Balaban J connectivity index is 1.91. The summed E-state index contributed by atoms with van der Waals surface area (Å²) in [5.74, 6) is -0.545. The standard InChI is InChI=1S/C19H27NO3Si/c1-14(10-9-13-23-24(5,6)19(2,3)4)20-17(21)15-11-7-8-12-16(15)18(20)22/h7-8,11-12H,1,9-10,13H2,2-6H3. The third-order valence-electron chi connectivity index (χ3n) is 4.99. The SMILES string of the molecule is C=C(CCCO[Si](C)(C)C(C)(C)C)N1C(=O)c2ccccc2C1=O. The van der Waals surface area contributed by atoms with Gasteiger partial charge in [0.1, 0.15) is 0 Å². The fourth-order valence-corrected chi connectivity index (χ4v) is 3.50. The zero-order valence-corrected chi connectivity index (χ0v) is 16.3. The zero-order valence-electron chi connectivity index (χ0n) is 15.3. The van der Waals surface area contributed by atoms with Gasteiger partial charge in [0.2, 0.25) is 0 Å². The van der Waals surface area contributed by atoms with Crippen molar-refractivity contribution in [3.8, 4) is 0 Å². The van der Waals surface area contributed by atoms with E-state index in [1.165, 1.54) is 4.90 Å². The second-order valence-electron chi connectivity index (χ2n) is 7.77. The van der Waals surface area contributed by atoms with E-state index in [1.807, 2.05) is 0 Å². The number of carbonyl (C=O) groups is 2. The number of nitrogens with zero attached hydrogens (tertiary/aromatic N) is 1. The summed E-state index contributed by atoms with van der Waals surface area (Å²) in [5, 5.41) is 0.173. The van der Waals surface area contributed by atoms with E-state index in [2.05, 4.69) is 40.4 Å². The van der Waals surface area contributed by atoms with Crippen LogP contribution < -0.4 is 0 Å². The molecule has 1 aliphatic heterocycles. The molecule has 24 heavy (non-hydrogen) atoms. The average molecular weight is 346 g/mol. The molecular formula is C19H27NO3Si. The lowest BCUT2D eigenvalue weighted by molar-refractivity contribution is 0.0698. The summed E-state index contributed by atoms with van der Waals surface area (Å²) in [6.07, 6.45) is 1.32. The molecule has 2 rings (SSSR count). The summed E-state index contributed by atoms with van der Waals surface area (Å²) in [6, 6.07) is 6.90. The second-order valence-corrected chi connectivity index (χ2v) is 12.6. The molecule has 0 radical (unpaired) electrons. The smallest absolute Gasteiger partial charge is 0.265 e. The van der Waals surface area contributed by atoms with Gasteiger partial charge in [-0.25, -0.2) is 4.90 Å². The zero-order chi connectivity index (χ0) is 18.1. The Morgan fingerprint density at radius 3 is 2.08 bits per heavy atom. The molecule has 0 saturated carbocycles. The Hall–Kier alpha value is -1.72. The highest BCUT2D eigenvalue weighted by atomic mass is 28.4. The van der Waals surface area contributed by atoms with Gasteiger partial charge in [-0.2, -0.15) is 0 Å². The van der Waals surface area contributed by atoms with E-state index in [0.717, 1.165) is 6.42 Å². The first-order valence-electron chi connectivity index (χ1n) is 8.36. The van der Waals surface area contributed by atoms with Crippen LogP contribution in [0.1, 0.15) is 54.3 Å². The van der Waals surface area contributed by atoms with Crippen LogP contribution in [0.15, 0.2) is 36.5 Å². The average Bonchev–Trinajstić information content (AvgIpc) is 2.75. The predicted molar refractivity (Wildman–Crippen MR) is 98.5 cm³/mol. The van der Waals surface area contributed by atoms with E-state index in [9.17, 15) is 9.59 Å². The number of amides is 2. The van der Waals surface area contributed by atoms with Gasteiger partial charge in [-0.1, -0.05) is 39.5 Å². The maximum Gasteiger partial charge on any atom is 0.265 e. The van der Waals surface area contributed by atoms with Crippen molar-refractivity contribution in [1.29, 1.82) is 0 Å². The van der Waals surface area contributed by atoms with E-state index in [0.29, 0.717) is 29.9 Å². The molecule has 0 spiro atoms. The fourth-order valence-electron chi connectivity index (χ4n) is 2.41. The minimum absolute atomic E-state index is 0.173. The molecule has 1 heterocycles. The number of imide groups is 1. The van der Waals surface area contributed by atoms with Crippen LogP contribution in [0.4, 0.5) is 0 Å². The number of allylic oxidation sites excluding steroid dienone is 1. The van der Waals surface area contributed by atoms with Crippen LogP contribution in [-0.2, 0) is 4.43 Å². The van der Waals surface area contributed by atoms with Crippen LogP contribution >= 0.6 is 0 Å². The number of carbonyl (C=O) groups excluding carboxylic acids is 2. The third kappa shape index (κ3) is 3.52. The normalized spacial score (nSPS) is 15.0. The first kappa shape index (κ1) is 18.6. The van der Waals surface area contributed by atoms with Crippen molar-refractivity contribution in [2.24, 2.45) is 0 Å². The van der Waals surface area contributed by atoms with Crippen LogP contribution in [-0.4, -0.2) is 31.6 Å². The molecule has 0 aromatic heterocycles.